The van der Waals surface area contributed by atoms with E-state index in [1.807, 2.05) is 12.1 Å². The number of morpholine rings is 1. The Bertz CT molecular complexity index is 751. The summed E-state index contributed by atoms with van der Waals surface area (Å²) >= 11 is 0. The lowest BCUT2D eigenvalue weighted by Crippen LogP contribution is -2.44. The maximum Gasteiger partial charge on any atom is 0.414 e. The second-order valence-electron chi connectivity index (χ2n) is 5.73. The zero-order chi connectivity index (χ0) is 21.2. The molecular weight excluding hydrogens is 394 g/mol. The Morgan fingerprint density at radius 2 is 1.68 bits per heavy atom. The molecule has 28 heavy (non-hydrogen) atoms. The van der Waals surface area contributed by atoms with E-state index in [-0.39, 0.29) is 18.2 Å². The van der Waals surface area contributed by atoms with Crippen LogP contribution in [-0.2, 0) is 35.7 Å². The minimum absolute atomic E-state index is 0.0718. The van der Waals surface area contributed by atoms with Gasteiger partial charge >= 0.3 is 11.9 Å². The van der Waals surface area contributed by atoms with Gasteiger partial charge < -0.3 is 19.8 Å². The molecule has 156 valence electrons. The maximum absolute atomic E-state index is 12.3. The first-order valence-electron chi connectivity index (χ1n) is 8.29. The van der Waals surface area contributed by atoms with E-state index in [0.29, 0.717) is 32.8 Å². The van der Waals surface area contributed by atoms with E-state index in [1.165, 1.54) is 16.1 Å². The second-order valence-corrected chi connectivity index (χ2v) is 7.82. The predicted octanol–water partition coefficient (Wildman–Crippen LogP) is -0.752. The molecule has 1 amide bonds. The second kappa shape index (κ2) is 11.3. The number of carboxylic acids is 2. The molecule has 0 spiro atoms. The normalized spacial score (nSPS) is 14.5. The predicted molar refractivity (Wildman–Crippen MR) is 96.8 cm³/mol. The molecule has 12 heteroatoms. The monoisotopic (exact) mass is 417 g/mol. The number of carbonyl (C=O) groups is 3. The van der Waals surface area contributed by atoms with Crippen molar-refractivity contribution in [2.45, 2.75) is 13.5 Å². The molecule has 1 aromatic rings. The number of ether oxygens (including phenoxy) is 1. The summed E-state index contributed by atoms with van der Waals surface area (Å²) in [4.78, 5) is 35.4. The van der Waals surface area contributed by atoms with Crippen LogP contribution in [0.1, 0.15) is 12.5 Å². The highest BCUT2D eigenvalue weighted by Gasteiger charge is 2.25. The fourth-order valence-corrected chi connectivity index (χ4v) is 3.65. The smallest absolute Gasteiger partial charge is 0.414 e. The molecule has 1 aliphatic rings. The van der Waals surface area contributed by atoms with Crippen LogP contribution >= 0.6 is 0 Å². The Labute approximate surface area is 162 Å². The quantitative estimate of drug-likeness (QED) is 0.569. The minimum Gasteiger partial charge on any atom is -0.473 e. The highest BCUT2D eigenvalue weighted by Crippen LogP contribution is 2.08. The molecule has 0 radical (unpaired) electrons. The zero-order valence-corrected chi connectivity index (χ0v) is 16.2. The molecule has 2 N–H and O–H groups in total. The van der Waals surface area contributed by atoms with Gasteiger partial charge in [0, 0.05) is 45.5 Å². The highest BCUT2D eigenvalue weighted by atomic mass is 32.2. The van der Waals surface area contributed by atoms with Crippen LogP contribution in [0.4, 0.5) is 0 Å². The van der Waals surface area contributed by atoms with Crippen LogP contribution in [0.25, 0.3) is 0 Å². The fraction of sp³-hybridized carbons (Fsp3) is 0.500. The van der Waals surface area contributed by atoms with Crippen LogP contribution in [0.2, 0.25) is 0 Å². The number of rotatable bonds is 6. The van der Waals surface area contributed by atoms with E-state index in [4.69, 9.17) is 24.5 Å². The summed E-state index contributed by atoms with van der Waals surface area (Å²) in [6, 6.07) is 3.62. The molecule has 11 nitrogen and oxygen atoms in total. The van der Waals surface area contributed by atoms with Gasteiger partial charge in [0.05, 0.1) is 19.0 Å². The van der Waals surface area contributed by atoms with Crippen molar-refractivity contribution < 1.29 is 37.8 Å². The van der Waals surface area contributed by atoms with Crippen LogP contribution in [0.15, 0.2) is 24.5 Å². The van der Waals surface area contributed by atoms with E-state index in [0.717, 1.165) is 5.56 Å². The van der Waals surface area contributed by atoms with Gasteiger partial charge in [-0.1, -0.05) is 0 Å². The van der Waals surface area contributed by atoms with Gasteiger partial charge in [-0.3, -0.25) is 9.78 Å². The van der Waals surface area contributed by atoms with Crippen molar-refractivity contribution in [1.82, 2.24) is 14.2 Å². The van der Waals surface area contributed by atoms with Gasteiger partial charge in [-0.15, -0.1) is 0 Å². The third-order valence-electron chi connectivity index (χ3n) is 3.73. The van der Waals surface area contributed by atoms with E-state index in [9.17, 15) is 13.2 Å². The minimum atomic E-state index is -3.36. The number of hydrogen-bond acceptors (Lipinski definition) is 7. The van der Waals surface area contributed by atoms with Crippen LogP contribution < -0.4 is 0 Å². The summed E-state index contributed by atoms with van der Waals surface area (Å²) in [7, 11) is -3.36. The van der Waals surface area contributed by atoms with Crippen molar-refractivity contribution in [1.29, 1.82) is 0 Å². The van der Waals surface area contributed by atoms with Gasteiger partial charge in [-0.25, -0.2) is 18.0 Å². The molecule has 0 bridgehead atoms. The Morgan fingerprint density at radius 1 is 1.14 bits per heavy atom. The third kappa shape index (κ3) is 8.41. The molecule has 2 rings (SSSR count). The molecule has 2 heterocycles. The fourth-order valence-electron chi connectivity index (χ4n) is 2.24. The van der Waals surface area contributed by atoms with Gasteiger partial charge in [0.15, 0.2) is 0 Å². The van der Waals surface area contributed by atoms with Gasteiger partial charge in [-0.05, 0) is 17.7 Å². The lowest BCUT2D eigenvalue weighted by atomic mass is 10.2. The summed E-state index contributed by atoms with van der Waals surface area (Å²) in [6.07, 6.45) is 3.30. The summed E-state index contributed by atoms with van der Waals surface area (Å²) in [5.41, 5.74) is 0.925. The van der Waals surface area contributed by atoms with Crippen LogP contribution in [0.5, 0.6) is 0 Å². The number of sulfonamides is 1. The lowest BCUT2D eigenvalue weighted by Gasteiger charge is -2.27. The standard InChI is InChI=1S/C14H21N3O4S.C2H2O4/c1-13(18)16(12-14-2-4-15-5-3-14)8-11-22(19,20)17-6-9-21-10-7-17;3-1(4)2(5)6/h2-5H,6-12H2,1H3;(H,3,4)(H,5,6). The number of nitrogens with zero attached hydrogens (tertiary/aromatic N) is 3. The Kier molecular flexibility index (Phi) is 9.48. The largest absolute Gasteiger partial charge is 0.473 e. The van der Waals surface area contributed by atoms with Gasteiger partial charge in [0.1, 0.15) is 0 Å². The van der Waals surface area contributed by atoms with Crippen molar-refractivity contribution in [2.75, 3.05) is 38.6 Å². The Balaban J connectivity index is 0.000000568. The van der Waals surface area contributed by atoms with Crippen molar-refractivity contribution in [2.24, 2.45) is 0 Å². The number of aromatic nitrogens is 1. The number of aliphatic carboxylic acids is 2. The number of carbonyl (C=O) groups excluding carboxylic acids is 1. The van der Waals surface area contributed by atoms with Crippen molar-refractivity contribution in [3.8, 4) is 0 Å². The average Bonchev–Trinajstić information content (AvgIpc) is 2.67. The first-order valence-corrected chi connectivity index (χ1v) is 9.90. The SMILES string of the molecule is CC(=O)N(CCS(=O)(=O)N1CCOCC1)Cc1ccncc1.O=C(O)C(=O)O. The Hall–Kier alpha value is -2.57. The molecule has 0 unspecified atom stereocenters. The van der Waals surface area contributed by atoms with Gasteiger partial charge in [0.2, 0.25) is 15.9 Å². The Morgan fingerprint density at radius 3 is 2.14 bits per heavy atom. The van der Waals surface area contributed by atoms with E-state index < -0.39 is 22.0 Å². The summed E-state index contributed by atoms with van der Waals surface area (Å²) < 4.78 is 31.2. The molecule has 1 aliphatic heterocycles. The van der Waals surface area contributed by atoms with Gasteiger partial charge in [-0.2, -0.15) is 4.31 Å². The topological polar surface area (TPSA) is 154 Å². The molecule has 0 aliphatic carbocycles. The molecule has 1 saturated heterocycles. The van der Waals surface area contributed by atoms with Crippen LogP contribution in [0, 0.1) is 0 Å². The van der Waals surface area contributed by atoms with E-state index >= 15 is 0 Å². The lowest BCUT2D eigenvalue weighted by molar-refractivity contribution is -0.159. The molecule has 1 aromatic heterocycles. The van der Waals surface area contributed by atoms with Gasteiger partial charge in [0.25, 0.3) is 0 Å². The van der Waals surface area contributed by atoms with E-state index in [1.54, 1.807) is 12.4 Å². The number of carboxylic acid groups (broad SMARTS) is 2. The van der Waals surface area contributed by atoms with Crippen LogP contribution in [0.3, 0.4) is 0 Å². The zero-order valence-electron chi connectivity index (χ0n) is 15.4. The third-order valence-corrected chi connectivity index (χ3v) is 5.58. The number of hydrogen-bond donors (Lipinski definition) is 2. The van der Waals surface area contributed by atoms with Crippen LogP contribution in [-0.4, -0.2) is 89.3 Å². The maximum atomic E-state index is 12.3. The average molecular weight is 417 g/mol. The number of amides is 1. The molecule has 0 saturated carbocycles. The highest BCUT2D eigenvalue weighted by molar-refractivity contribution is 7.89. The first kappa shape index (κ1) is 23.5. The van der Waals surface area contributed by atoms with Crippen molar-refractivity contribution >= 4 is 27.9 Å². The summed E-state index contributed by atoms with van der Waals surface area (Å²) in [5.74, 6) is -3.86. The molecule has 0 aromatic carbocycles. The summed E-state index contributed by atoms with van der Waals surface area (Å²) in [5, 5.41) is 14.8. The molecular formula is C16H23N3O8S. The van der Waals surface area contributed by atoms with Crippen molar-refractivity contribution in [3.05, 3.63) is 30.1 Å². The summed E-state index contributed by atoms with van der Waals surface area (Å²) in [6.45, 7) is 3.62. The first-order chi connectivity index (χ1) is 13.1. The molecule has 1 fully saturated rings. The van der Waals surface area contributed by atoms with E-state index in [2.05, 4.69) is 4.98 Å². The van der Waals surface area contributed by atoms with Crippen molar-refractivity contribution in [3.63, 3.8) is 0 Å². The number of pyridine rings is 1. The molecule has 0 atom stereocenters.